The number of likely N-dealkylation sites (tertiary alicyclic amines) is 1. The van der Waals surface area contributed by atoms with E-state index in [1.165, 1.54) is 18.9 Å². The number of likely N-dealkylation sites (N-methyl/N-ethyl adjacent to an activating group) is 1. The maximum Gasteiger partial charge on any atom is 0.137 e. The molecule has 1 saturated heterocycles. The molecule has 0 amide bonds. The van der Waals surface area contributed by atoms with Crippen LogP contribution in [-0.4, -0.2) is 24.5 Å². The summed E-state index contributed by atoms with van der Waals surface area (Å²) in [5, 5.41) is 0. The highest BCUT2D eigenvalue weighted by molar-refractivity contribution is 9.10. The fourth-order valence-electron chi connectivity index (χ4n) is 2.56. The Morgan fingerprint density at radius 2 is 2.18 bits per heavy atom. The Labute approximate surface area is 110 Å². The molecule has 0 spiro atoms. The first-order valence-electron chi connectivity index (χ1n) is 6.00. The molecule has 4 heteroatoms. The summed E-state index contributed by atoms with van der Waals surface area (Å²) in [6.07, 6.45) is 3.39. The van der Waals surface area contributed by atoms with Crippen LogP contribution in [0.2, 0.25) is 0 Å². The van der Waals surface area contributed by atoms with Gasteiger partial charge in [-0.3, -0.25) is 4.90 Å². The first-order valence-corrected chi connectivity index (χ1v) is 6.79. The van der Waals surface area contributed by atoms with Crippen LogP contribution in [0.1, 0.15) is 30.9 Å². The maximum absolute atomic E-state index is 13.2. The highest BCUT2D eigenvalue weighted by Gasteiger charge is 2.26. The fraction of sp³-hybridized carbons (Fsp3) is 0.538. The van der Waals surface area contributed by atoms with Gasteiger partial charge in [-0.25, -0.2) is 4.39 Å². The molecule has 94 valence electrons. The van der Waals surface area contributed by atoms with Gasteiger partial charge in [-0.2, -0.15) is 0 Å². The van der Waals surface area contributed by atoms with Crippen LogP contribution in [0, 0.1) is 5.82 Å². The third-order valence-corrected chi connectivity index (χ3v) is 4.07. The highest BCUT2D eigenvalue weighted by Crippen LogP contribution is 2.30. The molecule has 0 bridgehead atoms. The first kappa shape index (κ1) is 13.0. The molecule has 0 aromatic heterocycles. The minimum absolute atomic E-state index is 0.125. The number of nitrogens with zero attached hydrogens (tertiary/aromatic N) is 1. The van der Waals surface area contributed by atoms with Crippen LogP contribution in [0.5, 0.6) is 0 Å². The zero-order chi connectivity index (χ0) is 12.4. The molecule has 1 aliphatic rings. The molecule has 1 heterocycles. The predicted molar refractivity (Wildman–Crippen MR) is 71.3 cm³/mol. The second-order valence-electron chi connectivity index (χ2n) is 4.76. The third-order valence-electron chi connectivity index (χ3n) is 3.46. The Kier molecular flexibility index (Phi) is 4.17. The summed E-state index contributed by atoms with van der Waals surface area (Å²) in [6.45, 7) is 1.05. The minimum Gasteiger partial charge on any atom is -0.326 e. The van der Waals surface area contributed by atoms with Gasteiger partial charge in [0.15, 0.2) is 0 Å². The van der Waals surface area contributed by atoms with Gasteiger partial charge in [0, 0.05) is 12.1 Å². The van der Waals surface area contributed by atoms with Crippen LogP contribution in [0.25, 0.3) is 0 Å². The first-order chi connectivity index (χ1) is 8.09. The van der Waals surface area contributed by atoms with Crippen LogP contribution < -0.4 is 5.73 Å². The van der Waals surface area contributed by atoms with Crippen LogP contribution in [0.3, 0.4) is 0 Å². The Morgan fingerprint density at radius 1 is 1.41 bits per heavy atom. The van der Waals surface area contributed by atoms with Gasteiger partial charge >= 0.3 is 0 Å². The van der Waals surface area contributed by atoms with Crippen LogP contribution in [-0.2, 0) is 0 Å². The molecule has 0 aliphatic carbocycles. The monoisotopic (exact) mass is 300 g/mol. The number of benzene rings is 1. The Morgan fingerprint density at radius 3 is 2.88 bits per heavy atom. The van der Waals surface area contributed by atoms with E-state index < -0.39 is 0 Å². The van der Waals surface area contributed by atoms with Crippen molar-refractivity contribution in [2.24, 2.45) is 5.73 Å². The van der Waals surface area contributed by atoms with Crippen molar-refractivity contribution in [1.82, 2.24) is 4.90 Å². The molecule has 0 saturated carbocycles. The van der Waals surface area contributed by atoms with Crippen molar-refractivity contribution >= 4 is 15.9 Å². The van der Waals surface area contributed by atoms with E-state index in [1.54, 1.807) is 0 Å². The summed E-state index contributed by atoms with van der Waals surface area (Å²) in [5.74, 6) is -0.224. The molecule has 1 aromatic carbocycles. The molecule has 2 N–H and O–H groups in total. The average Bonchev–Trinajstić information content (AvgIpc) is 2.45. The lowest BCUT2D eigenvalue weighted by Gasteiger charge is -2.30. The summed E-state index contributed by atoms with van der Waals surface area (Å²) >= 11 is 3.24. The normalized spacial score (nSPS) is 26.8. The lowest BCUT2D eigenvalue weighted by Crippen LogP contribution is -2.37. The maximum atomic E-state index is 13.2. The summed E-state index contributed by atoms with van der Waals surface area (Å²) in [7, 11) is 2.09. The number of rotatable bonds is 1. The van der Waals surface area contributed by atoms with E-state index in [2.05, 4.69) is 27.9 Å². The molecule has 0 radical (unpaired) electrons. The lowest BCUT2D eigenvalue weighted by molar-refractivity contribution is 0.230. The average molecular weight is 301 g/mol. The highest BCUT2D eigenvalue weighted by atomic mass is 79.9. The second-order valence-corrected chi connectivity index (χ2v) is 5.61. The van der Waals surface area contributed by atoms with Crippen molar-refractivity contribution < 1.29 is 4.39 Å². The van der Waals surface area contributed by atoms with Gasteiger partial charge in [0.2, 0.25) is 0 Å². The van der Waals surface area contributed by atoms with Crippen LogP contribution in [0.4, 0.5) is 4.39 Å². The lowest BCUT2D eigenvalue weighted by atomic mass is 9.97. The van der Waals surface area contributed by atoms with E-state index in [4.69, 9.17) is 5.73 Å². The summed E-state index contributed by atoms with van der Waals surface area (Å²) in [5.41, 5.74) is 7.33. The van der Waals surface area contributed by atoms with Gasteiger partial charge in [0.25, 0.3) is 0 Å². The fourth-order valence-corrected chi connectivity index (χ4v) is 2.96. The van der Waals surface area contributed by atoms with Crippen molar-refractivity contribution in [1.29, 1.82) is 0 Å². The summed E-state index contributed by atoms with van der Waals surface area (Å²) < 4.78 is 13.8. The molecular formula is C13H18BrFN2. The number of hydrogen-bond acceptors (Lipinski definition) is 2. The molecule has 2 rings (SSSR count). The van der Waals surface area contributed by atoms with Gasteiger partial charge < -0.3 is 5.73 Å². The number of hydrogen-bond donors (Lipinski definition) is 1. The van der Waals surface area contributed by atoms with Crippen molar-refractivity contribution in [3.05, 3.63) is 34.1 Å². The quantitative estimate of drug-likeness (QED) is 0.864. The number of nitrogens with two attached hydrogens (primary N) is 1. The van der Waals surface area contributed by atoms with E-state index in [9.17, 15) is 4.39 Å². The van der Waals surface area contributed by atoms with Crippen molar-refractivity contribution in [2.45, 2.75) is 31.3 Å². The van der Waals surface area contributed by atoms with Crippen LogP contribution in [0.15, 0.2) is 22.7 Å². The second kappa shape index (κ2) is 5.46. The molecule has 2 unspecified atom stereocenters. The smallest absolute Gasteiger partial charge is 0.137 e. The van der Waals surface area contributed by atoms with E-state index in [0.717, 1.165) is 18.5 Å². The largest absolute Gasteiger partial charge is 0.326 e. The standard InChI is InChI=1S/C13H18BrFN2/c1-17-7-3-2-4-12(16)13(17)9-5-6-11(15)10(14)8-9/h5-6,8,12-13H,2-4,7,16H2,1H3. The Hall–Kier alpha value is -0.450. The molecular weight excluding hydrogens is 283 g/mol. The Balaban J connectivity index is 2.31. The SMILES string of the molecule is CN1CCCCC(N)C1c1ccc(F)c(Br)c1. The van der Waals surface area contributed by atoms with Gasteiger partial charge in [-0.1, -0.05) is 12.5 Å². The van der Waals surface area contributed by atoms with Crippen molar-refractivity contribution in [2.75, 3.05) is 13.6 Å². The molecule has 2 atom stereocenters. The molecule has 17 heavy (non-hydrogen) atoms. The number of halogens is 2. The summed E-state index contributed by atoms with van der Waals surface area (Å²) in [4.78, 5) is 2.28. The Bertz CT molecular complexity index is 385. The summed E-state index contributed by atoms with van der Waals surface area (Å²) in [6, 6.07) is 5.51. The molecule has 1 aliphatic heterocycles. The molecule has 2 nitrogen and oxygen atoms in total. The zero-order valence-electron chi connectivity index (χ0n) is 10.00. The van der Waals surface area contributed by atoms with E-state index in [-0.39, 0.29) is 17.9 Å². The zero-order valence-corrected chi connectivity index (χ0v) is 11.6. The van der Waals surface area contributed by atoms with Crippen molar-refractivity contribution in [3.63, 3.8) is 0 Å². The van der Waals surface area contributed by atoms with E-state index in [0.29, 0.717) is 4.47 Å². The van der Waals surface area contributed by atoms with Gasteiger partial charge in [-0.05, 0) is 60.1 Å². The third kappa shape index (κ3) is 2.87. The van der Waals surface area contributed by atoms with Gasteiger partial charge in [0.1, 0.15) is 5.82 Å². The van der Waals surface area contributed by atoms with Crippen LogP contribution >= 0.6 is 15.9 Å². The molecule has 1 aromatic rings. The minimum atomic E-state index is -0.224. The van der Waals surface area contributed by atoms with E-state index in [1.807, 2.05) is 12.1 Å². The van der Waals surface area contributed by atoms with E-state index >= 15 is 0 Å². The molecule has 1 fully saturated rings. The van der Waals surface area contributed by atoms with Gasteiger partial charge in [-0.15, -0.1) is 0 Å². The topological polar surface area (TPSA) is 29.3 Å². The van der Waals surface area contributed by atoms with Crippen molar-refractivity contribution in [3.8, 4) is 0 Å². The van der Waals surface area contributed by atoms with Gasteiger partial charge in [0.05, 0.1) is 4.47 Å². The predicted octanol–water partition coefficient (Wildman–Crippen LogP) is 3.07.